The smallest absolute Gasteiger partial charge is 0.181 e. The van der Waals surface area contributed by atoms with Gasteiger partial charge in [0.2, 0.25) is 0 Å². The lowest BCUT2D eigenvalue weighted by Crippen LogP contribution is -2.36. The van der Waals surface area contributed by atoms with Crippen LogP contribution in [0, 0.1) is 11.3 Å². The molecule has 56 valence electrons. The fourth-order valence-corrected chi connectivity index (χ4v) is 1.19. The van der Waals surface area contributed by atoms with Crippen LogP contribution in [0.4, 0.5) is 0 Å². The maximum atomic E-state index is 8.73. The van der Waals surface area contributed by atoms with Crippen LogP contribution in [0.2, 0.25) is 0 Å². The first-order valence-electron chi connectivity index (χ1n) is 3.33. The number of nitriles is 1. The van der Waals surface area contributed by atoms with Crippen LogP contribution in [0.25, 0.3) is 0 Å². The van der Waals surface area contributed by atoms with Gasteiger partial charge >= 0.3 is 0 Å². The molecule has 0 spiro atoms. The highest BCUT2D eigenvalue weighted by Crippen LogP contribution is 2.27. The number of hydrogen-bond acceptors (Lipinski definition) is 3. The lowest BCUT2D eigenvalue weighted by Gasteiger charge is -2.21. The van der Waals surface area contributed by atoms with E-state index in [2.05, 4.69) is 6.07 Å². The molecule has 3 heteroatoms. The van der Waals surface area contributed by atoms with Gasteiger partial charge in [0.25, 0.3) is 0 Å². The number of rotatable bonds is 1. The Morgan fingerprint density at radius 2 is 2.50 bits per heavy atom. The van der Waals surface area contributed by atoms with Gasteiger partial charge in [0, 0.05) is 13.5 Å². The average Bonchev–Trinajstić information content (AvgIpc) is 2.32. The Labute approximate surface area is 60.5 Å². The molecule has 1 aliphatic heterocycles. The van der Waals surface area contributed by atoms with Crippen molar-refractivity contribution in [1.29, 1.82) is 5.26 Å². The number of methoxy groups -OCH3 is 1. The minimum absolute atomic E-state index is 0.0949. The zero-order valence-electron chi connectivity index (χ0n) is 6.26. The predicted octanol–water partition coefficient (Wildman–Crippen LogP) is 0.704. The Hall–Kier alpha value is -0.590. The Kier molecular flexibility index (Phi) is 1.93. The van der Waals surface area contributed by atoms with Crippen molar-refractivity contribution in [3.8, 4) is 6.07 Å². The molecule has 0 radical (unpaired) electrons. The molecule has 0 N–H and O–H groups in total. The van der Waals surface area contributed by atoms with Gasteiger partial charge in [-0.15, -0.1) is 0 Å². The zero-order chi connectivity index (χ0) is 7.61. The summed E-state index contributed by atoms with van der Waals surface area (Å²) in [5.74, 6) is 0. The van der Waals surface area contributed by atoms with Crippen molar-refractivity contribution in [3.63, 3.8) is 0 Å². The maximum absolute atomic E-state index is 8.73. The van der Waals surface area contributed by atoms with Crippen molar-refractivity contribution in [2.45, 2.75) is 25.0 Å². The molecule has 1 rings (SSSR count). The molecule has 0 aliphatic carbocycles. The van der Waals surface area contributed by atoms with Crippen LogP contribution in [0.5, 0.6) is 0 Å². The maximum Gasteiger partial charge on any atom is 0.181 e. The first-order chi connectivity index (χ1) is 4.75. The Balaban J connectivity index is 2.74. The fourth-order valence-electron chi connectivity index (χ4n) is 1.19. The van der Waals surface area contributed by atoms with E-state index in [4.69, 9.17) is 14.7 Å². The molecule has 0 aromatic carbocycles. The Morgan fingerprint density at radius 1 is 1.80 bits per heavy atom. The van der Waals surface area contributed by atoms with Gasteiger partial charge < -0.3 is 9.47 Å². The molecular formula is C7H11NO2. The summed E-state index contributed by atoms with van der Waals surface area (Å²) >= 11 is 0. The normalized spacial score (nSPS) is 39.5. The minimum Gasteiger partial charge on any atom is -0.374 e. The molecule has 2 atom stereocenters. The molecule has 1 saturated heterocycles. The summed E-state index contributed by atoms with van der Waals surface area (Å²) in [5.41, 5.74) is -0.681. The molecule has 0 saturated carbocycles. The molecule has 1 heterocycles. The Morgan fingerprint density at radius 3 is 2.70 bits per heavy atom. The van der Waals surface area contributed by atoms with Gasteiger partial charge in [0.1, 0.15) is 6.07 Å². The van der Waals surface area contributed by atoms with Gasteiger partial charge in [-0.3, -0.25) is 0 Å². The molecular weight excluding hydrogens is 130 g/mol. The largest absolute Gasteiger partial charge is 0.374 e. The van der Waals surface area contributed by atoms with E-state index < -0.39 is 5.60 Å². The van der Waals surface area contributed by atoms with Gasteiger partial charge in [-0.05, 0) is 6.92 Å². The van der Waals surface area contributed by atoms with E-state index in [0.29, 0.717) is 13.0 Å². The van der Waals surface area contributed by atoms with E-state index in [1.54, 1.807) is 7.11 Å². The van der Waals surface area contributed by atoms with Crippen molar-refractivity contribution in [2.75, 3.05) is 13.7 Å². The second-order valence-electron chi connectivity index (χ2n) is 2.47. The minimum atomic E-state index is -0.681. The highest BCUT2D eigenvalue weighted by Gasteiger charge is 2.42. The second kappa shape index (κ2) is 2.57. The van der Waals surface area contributed by atoms with Crippen LogP contribution in [0.15, 0.2) is 0 Å². The summed E-state index contributed by atoms with van der Waals surface area (Å²) in [6.07, 6.45) is 0.587. The summed E-state index contributed by atoms with van der Waals surface area (Å²) in [6, 6.07) is 2.13. The summed E-state index contributed by atoms with van der Waals surface area (Å²) in [5, 5.41) is 8.73. The molecule has 1 aliphatic rings. The second-order valence-corrected chi connectivity index (χ2v) is 2.47. The highest BCUT2D eigenvalue weighted by molar-refractivity contribution is 5.08. The van der Waals surface area contributed by atoms with Crippen LogP contribution in [-0.2, 0) is 9.47 Å². The number of ether oxygens (including phenoxy) is 2. The SMILES string of the molecule is COC1(C#N)CCOC1C. The quantitative estimate of drug-likeness (QED) is 0.540. The molecule has 0 aromatic rings. The van der Waals surface area contributed by atoms with Crippen molar-refractivity contribution in [3.05, 3.63) is 0 Å². The zero-order valence-corrected chi connectivity index (χ0v) is 6.26. The Bertz CT molecular complexity index is 163. The first-order valence-corrected chi connectivity index (χ1v) is 3.33. The third-order valence-corrected chi connectivity index (χ3v) is 2.05. The first kappa shape index (κ1) is 7.52. The van der Waals surface area contributed by atoms with E-state index in [0.717, 1.165) is 0 Å². The van der Waals surface area contributed by atoms with E-state index in [-0.39, 0.29) is 6.10 Å². The summed E-state index contributed by atoms with van der Waals surface area (Å²) in [6.45, 7) is 2.49. The third kappa shape index (κ3) is 0.898. The van der Waals surface area contributed by atoms with E-state index in [9.17, 15) is 0 Å². The van der Waals surface area contributed by atoms with Gasteiger partial charge in [-0.1, -0.05) is 0 Å². The van der Waals surface area contributed by atoms with Crippen molar-refractivity contribution >= 4 is 0 Å². The molecule has 10 heavy (non-hydrogen) atoms. The van der Waals surface area contributed by atoms with E-state index >= 15 is 0 Å². The summed E-state index contributed by atoms with van der Waals surface area (Å²) < 4.78 is 10.3. The molecule has 0 bridgehead atoms. The van der Waals surface area contributed by atoms with Gasteiger partial charge in [0.05, 0.1) is 12.7 Å². The topological polar surface area (TPSA) is 42.2 Å². The highest BCUT2D eigenvalue weighted by atomic mass is 16.6. The van der Waals surface area contributed by atoms with Gasteiger partial charge in [-0.25, -0.2) is 0 Å². The van der Waals surface area contributed by atoms with Crippen molar-refractivity contribution in [1.82, 2.24) is 0 Å². The number of hydrogen-bond donors (Lipinski definition) is 0. The standard InChI is InChI=1S/C7H11NO2/c1-6-7(5-8,9-2)3-4-10-6/h6H,3-4H2,1-2H3. The van der Waals surface area contributed by atoms with Crippen molar-refractivity contribution < 1.29 is 9.47 Å². The van der Waals surface area contributed by atoms with Crippen LogP contribution < -0.4 is 0 Å². The van der Waals surface area contributed by atoms with Crippen LogP contribution in [0.3, 0.4) is 0 Å². The van der Waals surface area contributed by atoms with E-state index in [1.807, 2.05) is 6.92 Å². The lowest BCUT2D eigenvalue weighted by atomic mass is 9.99. The third-order valence-electron chi connectivity index (χ3n) is 2.05. The fraction of sp³-hybridized carbons (Fsp3) is 0.857. The average molecular weight is 141 g/mol. The molecule has 1 fully saturated rings. The molecule has 3 nitrogen and oxygen atoms in total. The van der Waals surface area contributed by atoms with Crippen LogP contribution in [0.1, 0.15) is 13.3 Å². The number of nitrogens with zero attached hydrogens (tertiary/aromatic N) is 1. The van der Waals surface area contributed by atoms with Crippen molar-refractivity contribution in [2.24, 2.45) is 0 Å². The van der Waals surface area contributed by atoms with Crippen LogP contribution in [-0.4, -0.2) is 25.4 Å². The van der Waals surface area contributed by atoms with Crippen LogP contribution >= 0.6 is 0 Å². The van der Waals surface area contributed by atoms with Gasteiger partial charge in [-0.2, -0.15) is 5.26 Å². The predicted molar refractivity (Wildman–Crippen MR) is 35.4 cm³/mol. The van der Waals surface area contributed by atoms with E-state index in [1.165, 1.54) is 0 Å². The lowest BCUT2D eigenvalue weighted by molar-refractivity contribution is -0.0201. The molecule has 0 amide bonds. The molecule has 0 aromatic heterocycles. The van der Waals surface area contributed by atoms with Gasteiger partial charge in [0.15, 0.2) is 5.60 Å². The molecule has 2 unspecified atom stereocenters. The summed E-state index contributed by atoms with van der Waals surface area (Å²) in [4.78, 5) is 0. The summed E-state index contributed by atoms with van der Waals surface area (Å²) in [7, 11) is 1.55. The monoisotopic (exact) mass is 141 g/mol.